The summed E-state index contributed by atoms with van der Waals surface area (Å²) < 4.78 is 6.23. The van der Waals surface area contributed by atoms with Gasteiger partial charge in [-0.2, -0.15) is 4.89 Å². The van der Waals surface area contributed by atoms with Gasteiger partial charge in [0.05, 0.1) is 0 Å². The summed E-state index contributed by atoms with van der Waals surface area (Å²) in [5.41, 5.74) is -1.39. The van der Waals surface area contributed by atoms with E-state index < -0.39 is 41.8 Å². The summed E-state index contributed by atoms with van der Waals surface area (Å²) in [6.45, 7) is 0.801. The SMILES string of the molecule is CC(=O)OOC[C@@H]1O[C@H](n2ccc(=O)[nH]c2=O)C(O)C1O. The second-order valence-corrected chi connectivity index (χ2v) is 4.42. The van der Waals surface area contributed by atoms with Crippen LogP contribution in [0.25, 0.3) is 0 Å². The third-order valence-corrected chi connectivity index (χ3v) is 2.87. The lowest BCUT2D eigenvalue weighted by atomic mass is 10.1. The summed E-state index contributed by atoms with van der Waals surface area (Å²) in [7, 11) is 0. The Morgan fingerprint density at radius 3 is 2.76 bits per heavy atom. The van der Waals surface area contributed by atoms with E-state index in [1.165, 1.54) is 0 Å². The molecule has 116 valence electrons. The fraction of sp³-hybridized carbons (Fsp3) is 0.545. The molecule has 2 heterocycles. The first-order valence-electron chi connectivity index (χ1n) is 6.03. The Kier molecular flexibility index (Phi) is 4.53. The Labute approximate surface area is 117 Å². The summed E-state index contributed by atoms with van der Waals surface area (Å²) in [6, 6.07) is 1.08. The van der Waals surface area contributed by atoms with Crippen LogP contribution in [0, 0.1) is 0 Å². The molecule has 0 radical (unpaired) electrons. The van der Waals surface area contributed by atoms with Crippen LogP contribution >= 0.6 is 0 Å². The largest absolute Gasteiger partial charge is 0.387 e. The van der Waals surface area contributed by atoms with Crippen molar-refractivity contribution in [2.75, 3.05) is 6.61 Å². The van der Waals surface area contributed by atoms with Crippen molar-refractivity contribution < 1.29 is 29.5 Å². The van der Waals surface area contributed by atoms with Gasteiger partial charge in [0.1, 0.15) is 24.9 Å². The molecule has 0 amide bonds. The van der Waals surface area contributed by atoms with Gasteiger partial charge >= 0.3 is 11.7 Å². The Bertz CT molecular complexity index is 623. The molecule has 2 unspecified atom stereocenters. The van der Waals surface area contributed by atoms with Crippen LogP contribution < -0.4 is 11.2 Å². The number of ether oxygens (including phenoxy) is 1. The maximum absolute atomic E-state index is 11.6. The first-order valence-corrected chi connectivity index (χ1v) is 6.03. The van der Waals surface area contributed by atoms with E-state index >= 15 is 0 Å². The molecule has 10 nitrogen and oxygen atoms in total. The van der Waals surface area contributed by atoms with Crippen LogP contribution in [-0.2, 0) is 19.3 Å². The molecule has 1 aromatic rings. The monoisotopic (exact) mass is 302 g/mol. The van der Waals surface area contributed by atoms with E-state index in [9.17, 15) is 24.6 Å². The van der Waals surface area contributed by atoms with Crippen LogP contribution in [0.2, 0.25) is 0 Å². The number of rotatable bonds is 4. The maximum atomic E-state index is 11.6. The number of nitrogens with one attached hydrogen (secondary N) is 1. The Hall–Kier alpha value is -2.01. The number of hydrogen-bond acceptors (Lipinski definition) is 8. The van der Waals surface area contributed by atoms with Crippen molar-refractivity contribution in [3.63, 3.8) is 0 Å². The Morgan fingerprint density at radius 2 is 2.14 bits per heavy atom. The van der Waals surface area contributed by atoms with Gasteiger partial charge in [0.2, 0.25) is 0 Å². The van der Waals surface area contributed by atoms with Gasteiger partial charge in [0.15, 0.2) is 6.23 Å². The van der Waals surface area contributed by atoms with E-state index in [1.54, 1.807) is 0 Å². The van der Waals surface area contributed by atoms with Crippen molar-refractivity contribution in [1.29, 1.82) is 0 Å². The van der Waals surface area contributed by atoms with Crippen molar-refractivity contribution in [2.45, 2.75) is 31.5 Å². The molecule has 10 heteroatoms. The first-order chi connectivity index (χ1) is 9.90. The minimum absolute atomic E-state index is 0.327. The van der Waals surface area contributed by atoms with E-state index in [0.29, 0.717) is 0 Å². The molecule has 1 fully saturated rings. The molecule has 0 bridgehead atoms. The number of nitrogens with zero attached hydrogens (tertiary/aromatic N) is 1. The van der Waals surface area contributed by atoms with Crippen LogP contribution in [0.15, 0.2) is 21.9 Å². The summed E-state index contributed by atoms with van der Waals surface area (Å²) in [5.74, 6) is -0.684. The highest BCUT2D eigenvalue weighted by Crippen LogP contribution is 2.28. The lowest BCUT2D eigenvalue weighted by Crippen LogP contribution is -2.37. The zero-order chi connectivity index (χ0) is 15.6. The number of carbonyl (C=O) groups excluding carboxylic acids is 1. The fourth-order valence-corrected chi connectivity index (χ4v) is 1.91. The summed E-state index contributed by atoms with van der Waals surface area (Å²) in [6.07, 6.45) is -3.85. The number of aliphatic hydroxyl groups is 2. The van der Waals surface area contributed by atoms with Gasteiger partial charge in [-0.3, -0.25) is 19.2 Å². The van der Waals surface area contributed by atoms with Crippen molar-refractivity contribution in [2.24, 2.45) is 0 Å². The minimum Gasteiger partial charge on any atom is -0.387 e. The van der Waals surface area contributed by atoms with Gasteiger partial charge in [-0.15, -0.1) is 0 Å². The van der Waals surface area contributed by atoms with Crippen molar-refractivity contribution in [1.82, 2.24) is 9.55 Å². The number of aromatic amines is 1. The van der Waals surface area contributed by atoms with Gasteiger partial charge in [0, 0.05) is 19.2 Å². The summed E-state index contributed by atoms with van der Waals surface area (Å²) in [5, 5.41) is 19.7. The lowest BCUT2D eigenvalue weighted by Gasteiger charge is -2.16. The molecule has 1 aromatic heterocycles. The average molecular weight is 302 g/mol. The number of aliphatic hydroxyl groups excluding tert-OH is 2. The van der Waals surface area contributed by atoms with E-state index in [2.05, 4.69) is 9.78 Å². The molecule has 0 saturated carbocycles. The second kappa shape index (κ2) is 6.18. The number of aromatic nitrogens is 2. The normalized spacial score (nSPS) is 28.5. The molecule has 3 N–H and O–H groups in total. The maximum Gasteiger partial charge on any atom is 0.339 e. The average Bonchev–Trinajstić information content (AvgIpc) is 2.67. The minimum atomic E-state index is -1.42. The number of H-pyrrole nitrogens is 1. The van der Waals surface area contributed by atoms with Crippen LogP contribution in [0.4, 0.5) is 0 Å². The topological polar surface area (TPSA) is 140 Å². The molecule has 2 rings (SSSR count). The van der Waals surface area contributed by atoms with E-state index in [1.807, 2.05) is 4.98 Å². The fourth-order valence-electron chi connectivity index (χ4n) is 1.91. The molecule has 1 saturated heterocycles. The molecule has 4 atom stereocenters. The quantitative estimate of drug-likeness (QED) is 0.415. The standard InChI is InChI=1S/C11H14N2O8/c1-5(14)21-19-4-6-8(16)9(17)10(20-6)13-3-2-7(15)12-11(13)18/h2-3,6,8-10,16-17H,4H2,1H3,(H,12,15,18)/t6-,8?,9?,10-/m0/s1. The third kappa shape index (κ3) is 3.36. The van der Waals surface area contributed by atoms with E-state index in [0.717, 1.165) is 23.8 Å². The summed E-state index contributed by atoms with van der Waals surface area (Å²) >= 11 is 0. The highest BCUT2D eigenvalue weighted by atomic mass is 17.2. The van der Waals surface area contributed by atoms with Gasteiger partial charge < -0.3 is 14.9 Å². The highest BCUT2D eigenvalue weighted by Gasteiger charge is 2.44. The molecule has 1 aliphatic heterocycles. The van der Waals surface area contributed by atoms with Gasteiger partial charge in [-0.1, -0.05) is 0 Å². The first kappa shape index (κ1) is 15.4. The predicted molar refractivity (Wildman–Crippen MR) is 65.0 cm³/mol. The molecular weight excluding hydrogens is 288 g/mol. The van der Waals surface area contributed by atoms with Gasteiger partial charge in [0.25, 0.3) is 5.56 Å². The zero-order valence-electron chi connectivity index (χ0n) is 11.0. The van der Waals surface area contributed by atoms with Crippen LogP contribution in [0.3, 0.4) is 0 Å². The number of hydrogen-bond donors (Lipinski definition) is 3. The van der Waals surface area contributed by atoms with Crippen molar-refractivity contribution >= 4 is 5.97 Å². The molecule has 21 heavy (non-hydrogen) atoms. The predicted octanol–water partition coefficient (Wildman–Crippen LogP) is -2.35. The van der Waals surface area contributed by atoms with Crippen LogP contribution in [0.5, 0.6) is 0 Å². The lowest BCUT2D eigenvalue weighted by molar-refractivity contribution is -0.284. The van der Waals surface area contributed by atoms with Gasteiger partial charge in [-0.25, -0.2) is 9.59 Å². The molecule has 0 aromatic carbocycles. The second-order valence-electron chi connectivity index (χ2n) is 4.42. The molecule has 1 aliphatic rings. The van der Waals surface area contributed by atoms with Crippen LogP contribution in [-0.4, -0.2) is 50.7 Å². The van der Waals surface area contributed by atoms with E-state index in [-0.39, 0.29) is 6.61 Å². The Balaban J connectivity index is 2.10. The van der Waals surface area contributed by atoms with Gasteiger partial charge in [-0.05, 0) is 0 Å². The highest BCUT2D eigenvalue weighted by molar-refractivity contribution is 5.65. The summed E-state index contributed by atoms with van der Waals surface area (Å²) in [4.78, 5) is 43.9. The molecule has 0 spiro atoms. The Morgan fingerprint density at radius 1 is 1.43 bits per heavy atom. The molecule has 0 aliphatic carbocycles. The molecular formula is C11H14N2O8. The number of carbonyl (C=O) groups is 1. The van der Waals surface area contributed by atoms with E-state index in [4.69, 9.17) is 4.74 Å². The van der Waals surface area contributed by atoms with Crippen molar-refractivity contribution in [3.8, 4) is 0 Å². The smallest absolute Gasteiger partial charge is 0.339 e. The zero-order valence-corrected chi connectivity index (χ0v) is 11.0. The third-order valence-electron chi connectivity index (χ3n) is 2.87. The van der Waals surface area contributed by atoms with Crippen LogP contribution in [0.1, 0.15) is 13.2 Å². The van der Waals surface area contributed by atoms with Crippen molar-refractivity contribution in [3.05, 3.63) is 33.1 Å².